The molecule has 1 atom stereocenters. The van der Waals surface area contributed by atoms with Gasteiger partial charge in [-0.2, -0.15) is 0 Å². The first-order valence-electron chi connectivity index (χ1n) is 13.6. The third kappa shape index (κ3) is 5.00. The summed E-state index contributed by atoms with van der Waals surface area (Å²) in [6.45, 7) is 0.342. The maximum absolute atomic E-state index is 13.8. The molecule has 0 saturated heterocycles. The van der Waals surface area contributed by atoms with Gasteiger partial charge < -0.3 is 14.4 Å². The van der Waals surface area contributed by atoms with Crippen LogP contribution in [0.25, 0.3) is 22.0 Å². The number of carboxylic acids is 1. The summed E-state index contributed by atoms with van der Waals surface area (Å²) in [5, 5.41) is 10.9. The zero-order valence-corrected chi connectivity index (χ0v) is 22.8. The number of aliphatic carboxylic acids is 1. The maximum atomic E-state index is 13.8. The second-order valence-electron chi connectivity index (χ2n) is 10.5. The van der Waals surface area contributed by atoms with E-state index in [-0.39, 0.29) is 25.5 Å². The van der Waals surface area contributed by atoms with Gasteiger partial charge >= 0.3 is 12.1 Å². The lowest BCUT2D eigenvalue weighted by atomic mass is 9.98. The normalized spacial score (nSPS) is 13.0. The van der Waals surface area contributed by atoms with Gasteiger partial charge in [0.05, 0.1) is 0 Å². The number of nitrogens with zero attached hydrogens (tertiary/aromatic N) is 2. The van der Waals surface area contributed by atoms with Crippen LogP contribution in [-0.2, 0) is 22.5 Å². The van der Waals surface area contributed by atoms with Crippen molar-refractivity contribution in [3.63, 3.8) is 0 Å². The number of aromatic nitrogens is 1. The SMILES string of the molecule is CN(C(=O)OCC1c2ccccc2-c2ccccc21)C(Cc1cn(Cc2ccc(F)c(F)c2)c2ccccc12)C(=O)O. The van der Waals surface area contributed by atoms with E-state index in [1.165, 1.54) is 13.1 Å². The maximum Gasteiger partial charge on any atom is 0.410 e. The third-order valence-electron chi connectivity index (χ3n) is 8.00. The van der Waals surface area contributed by atoms with Gasteiger partial charge in [-0.05, 0) is 51.6 Å². The summed E-state index contributed by atoms with van der Waals surface area (Å²) in [4.78, 5) is 26.7. The Hall–Kier alpha value is -4.98. The summed E-state index contributed by atoms with van der Waals surface area (Å²) in [5.74, 6) is -3.16. The average molecular weight is 567 g/mol. The molecule has 1 aliphatic rings. The highest BCUT2D eigenvalue weighted by Crippen LogP contribution is 2.44. The number of hydrogen-bond donors (Lipinski definition) is 1. The van der Waals surface area contributed by atoms with Crippen LogP contribution in [-0.4, -0.2) is 46.3 Å². The number of benzene rings is 4. The van der Waals surface area contributed by atoms with E-state index in [2.05, 4.69) is 0 Å². The molecule has 1 unspecified atom stereocenters. The van der Waals surface area contributed by atoms with Crippen molar-refractivity contribution in [3.8, 4) is 11.1 Å². The molecule has 42 heavy (non-hydrogen) atoms. The van der Waals surface area contributed by atoms with Crippen LogP contribution >= 0.6 is 0 Å². The number of likely N-dealkylation sites (N-methyl/N-ethyl adjacent to an activating group) is 1. The predicted molar refractivity (Wildman–Crippen MR) is 155 cm³/mol. The number of carboxylic acid groups (broad SMARTS) is 1. The van der Waals surface area contributed by atoms with Crippen molar-refractivity contribution in [1.29, 1.82) is 0 Å². The topological polar surface area (TPSA) is 71.8 Å². The number of amides is 1. The molecule has 6 nitrogen and oxygen atoms in total. The molecule has 8 heteroatoms. The quantitative estimate of drug-likeness (QED) is 0.223. The van der Waals surface area contributed by atoms with Gasteiger partial charge in [-0.25, -0.2) is 18.4 Å². The summed E-state index contributed by atoms with van der Waals surface area (Å²) in [6, 6.07) is 26.0. The Labute approximate surface area is 241 Å². The summed E-state index contributed by atoms with van der Waals surface area (Å²) < 4.78 is 34.9. The van der Waals surface area contributed by atoms with Gasteiger partial charge in [0.1, 0.15) is 12.6 Å². The molecule has 1 N–H and O–H groups in total. The minimum atomic E-state index is -1.19. The van der Waals surface area contributed by atoms with Crippen molar-refractivity contribution in [2.45, 2.75) is 24.9 Å². The molecule has 1 amide bonds. The van der Waals surface area contributed by atoms with Crippen molar-refractivity contribution in [3.05, 3.63) is 131 Å². The average Bonchev–Trinajstić information content (AvgIpc) is 3.51. The molecule has 6 rings (SSSR count). The first-order chi connectivity index (χ1) is 20.3. The Balaban J connectivity index is 1.21. The molecule has 0 aliphatic heterocycles. The van der Waals surface area contributed by atoms with Gasteiger partial charge in [0.15, 0.2) is 11.6 Å². The summed E-state index contributed by atoms with van der Waals surface area (Å²) in [6.07, 6.45) is 1.10. The molecule has 1 aromatic heterocycles. The minimum Gasteiger partial charge on any atom is -0.480 e. The highest BCUT2D eigenvalue weighted by atomic mass is 19.2. The molecular weight excluding hydrogens is 538 g/mol. The van der Waals surface area contributed by atoms with E-state index < -0.39 is 29.7 Å². The van der Waals surface area contributed by atoms with Gasteiger partial charge in [-0.1, -0.05) is 72.8 Å². The van der Waals surface area contributed by atoms with Gasteiger partial charge in [-0.3, -0.25) is 4.90 Å². The molecular formula is C34H28F2N2O4. The molecule has 5 aromatic rings. The molecule has 1 aliphatic carbocycles. The Bertz CT molecular complexity index is 1770. The molecule has 0 radical (unpaired) electrons. The summed E-state index contributed by atoms with van der Waals surface area (Å²) in [7, 11) is 1.43. The Morgan fingerprint density at radius 3 is 2.21 bits per heavy atom. The van der Waals surface area contributed by atoms with E-state index in [1.54, 1.807) is 6.20 Å². The van der Waals surface area contributed by atoms with Crippen LogP contribution in [0.3, 0.4) is 0 Å². The zero-order chi connectivity index (χ0) is 29.4. The number of ether oxygens (including phenoxy) is 1. The molecule has 4 aromatic carbocycles. The van der Waals surface area contributed by atoms with Crippen LogP contribution in [0.15, 0.2) is 97.2 Å². The van der Waals surface area contributed by atoms with Gasteiger partial charge in [0.2, 0.25) is 0 Å². The second kappa shape index (κ2) is 11.1. The van der Waals surface area contributed by atoms with Gasteiger partial charge in [0, 0.05) is 43.0 Å². The zero-order valence-electron chi connectivity index (χ0n) is 22.8. The van der Waals surface area contributed by atoms with Crippen LogP contribution in [0, 0.1) is 11.6 Å². The second-order valence-corrected chi connectivity index (χ2v) is 10.5. The first kappa shape index (κ1) is 27.2. The van der Waals surface area contributed by atoms with E-state index in [9.17, 15) is 23.5 Å². The number of fused-ring (bicyclic) bond motifs is 4. The van der Waals surface area contributed by atoms with Crippen molar-refractivity contribution in [1.82, 2.24) is 9.47 Å². The van der Waals surface area contributed by atoms with Crippen molar-refractivity contribution in [2.75, 3.05) is 13.7 Å². The number of carbonyl (C=O) groups is 2. The van der Waals surface area contributed by atoms with E-state index in [0.29, 0.717) is 11.1 Å². The Morgan fingerprint density at radius 2 is 1.55 bits per heavy atom. The Kier molecular flexibility index (Phi) is 7.20. The van der Waals surface area contributed by atoms with Crippen LogP contribution in [0.5, 0.6) is 0 Å². The fourth-order valence-corrected chi connectivity index (χ4v) is 5.87. The van der Waals surface area contributed by atoms with Crippen LogP contribution in [0.2, 0.25) is 0 Å². The predicted octanol–water partition coefficient (Wildman–Crippen LogP) is 6.84. The van der Waals surface area contributed by atoms with E-state index in [4.69, 9.17) is 4.74 Å². The third-order valence-corrected chi connectivity index (χ3v) is 8.00. The lowest BCUT2D eigenvalue weighted by Gasteiger charge is -2.25. The summed E-state index contributed by atoms with van der Waals surface area (Å²) in [5.41, 5.74) is 6.42. The molecule has 0 bridgehead atoms. The fourth-order valence-electron chi connectivity index (χ4n) is 5.87. The largest absolute Gasteiger partial charge is 0.480 e. The lowest BCUT2D eigenvalue weighted by Crippen LogP contribution is -2.44. The number of rotatable bonds is 8. The molecule has 1 heterocycles. The van der Waals surface area contributed by atoms with Crippen molar-refractivity contribution >= 4 is 23.0 Å². The number of halogens is 2. The smallest absolute Gasteiger partial charge is 0.410 e. The van der Waals surface area contributed by atoms with Crippen molar-refractivity contribution < 1.29 is 28.2 Å². The Morgan fingerprint density at radius 1 is 0.905 bits per heavy atom. The van der Waals surface area contributed by atoms with Gasteiger partial charge in [0.25, 0.3) is 0 Å². The first-order valence-corrected chi connectivity index (χ1v) is 13.6. The lowest BCUT2D eigenvalue weighted by molar-refractivity contribution is -0.142. The number of hydrogen-bond acceptors (Lipinski definition) is 3. The van der Waals surface area contributed by atoms with Gasteiger partial charge in [-0.15, -0.1) is 0 Å². The van der Waals surface area contributed by atoms with E-state index >= 15 is 0 Å². The molecule has 0 saturated carbocycles. The number of carbonyl (C=O) groups excluding carboxylic acids is 1. The molecule has 212 valence electrons. The van der Waals surface area contributed by atoms with Crippen LogP contribution in [0.1, 0.15) is 28.2 Å². The summed E-state index contributed by atoms with van der Waals surface area (Å²) >= 11 is 0. The van der Waals surface area contributed by atoms with Crippen molar-refractivity contribution in [2.24, 2.45) is 0 Å². The molecule has 0 spiro atoms. The highest BCUT2D eigenvalue weighted by Gasteiger charge is 2.32. The van der Waals surface area contributed by atoms with Crippen LogP contribution in [0.4, 0.5) is 13.6 Å². The highest BCUT2D eigenvalue weighted by molar-refractivity contribution is 5.86. The fraction of sp³-hybridized carbons (Fsp3) is 0.176. The minimum absolute atomic E-state index is 0.0291. The van der Waals surface area contributed by atoms with E-state index in [0.717, 1.165) is 50.2 Å². The molecule has 0 fully saturated rings. The number of para-hydroxylation sites is 1. The standard InChI is InChI=1S/C34H28F2N2O4/c1-37(34(41)42-20-28-26-11-4-2-9-24(26)25-10-3-5-12-27(25)28)32(33(39)40)17-22-19-38(31-13-7-6-8-23(22)31)18-21-14-15-29(35)30(36)16-21/h2-16,19,28,32H,17-18,20H2,1H3,(H,39,40). The van der Waals surface area contributed by atoms with E-state index in [1.807, 2.05) is 77.4 Å². The monoisotopic (exact) mass is 566 g/mol. The van der Waals surface area contributed by atoms with Crippen LogP contribution < -0.4 is 0 Å².